The minimum atomic E-state index is -2.06. The molecule has 17 heteroatoms. The summed E-state index contributed by atoms with van der Waals surface area (Å²) in [5, 5.41) is 97.5. The number of benzene rings is 3. The van der Waals surface area contributed by atoms with E-state index in [1.165, 1.54) is 0 Å². The van der Waals surface area contributed by atoms with Crippen molar-refractivity contribution in [2.45, 2.75) is 24.6 Å². The average molecular weight is 606 g/mol. The van der Waals surface area contributed by atoms with Crippen LogP contribution in [0.1, 0.15) is 31.1 Å². The van der Waals surface area contributed by atoms with E-state index in [-0.39, 0.29) is 0 Å². The predicted molar refractivity (Wildman–Crippen MR) is 134 cm³/mol. The fourth-order valence-corrected chi connectivity index (χ4v) is 3.88. The van der Waals surface area contributed by atoms with Gasteiger partial charge in [-0.05, 0) is 36.4 Å². The molecule has 17 nitrogen and oxygen atoms in total. The van der Waals surface area contributed by atoms with Crippen molar-refractivity contribution in [2.75, 3.05) is 6.61 Å². The van der Waals surface area contributed by atoms with Gasteiger partial charge in [-0.25, -0.2) is 14.4 Å². The van der Waals surface area contributed by atoms with Gasteiger partial charge in [0.25, 0.3) is 0 Å². The molecule has 1 fully saturated rings. The maximum absolute atomic E-state index is 13.0. The first-order valence-electron chi connectivity index (χ1n) is 11.8. The van der Waals surface area contributed by atoms with Gasteiger partial charge in [0.15, 0.2) is 76.3 Å². The summed E-state index contributed by atoms with van der Waals surface area (Å²) in [4.78, 5) is 38.6. The van der Waals surface area contributed by atoms with Gasteiger partial charge in [-0.1, -0.05) is 0 Å². The van der Waals surface area contributed by atoms with E-state index >= 15 is 0 Å². The van der Waals surface area contributed by atoms with Gasteiger partial charge in [0.2, 0.25) is 0 Å². The number of carbonyl (C=O) groups excluding carboxylic acids is 3. The van der Waals surface area contributed by atoms with Crippen LogP contribution in [-0.2, 0) is 18.9 Å². The largest absolute Gasteiger partial charge is 0.504 e. The molecule has 0 unspecified atom stereocenters. The van der Waals surface area contributed by atoms with Crippen LogP contribution in [0.5, 0.6) is 51.7 Å². The normalized spacial score (nSPS) is 19.7. The molecule has 228 valence electrons. The zero-order valence-corrected chi connectivity index (χ0v) is 21.3. The quantitative estimate of drug-likeness (QED) is 0.103. The van der Waals surface area contributed by atoms with Crippen LogP contribution < -0.4 is 0 Å². The lowest BCUT2D eigenvalue weighted by Crippen LogP contribution is -2.57. The van der Waals surface area contributed by atoms with Gasteiger partial charge in [-0.15, -0.1) is 0 Å². The van der Waals surface area contributed by atoms with Crippen molar-refractivity contribution in [1.82, 2.24) is 0 Å². The number of hydrogen-bond acceptors (Lipinski definition) is 17. The number of hydrogen-bond donors (Lipinski definition) is 10. The molecule has 43 heavy (non-hydrogen) atoms. The zero-order valence-electron chi connectivity index (χ0n) is 21.3. The lowest BCUT2D eigenvalue weighted by molar-refractivity contribution is -0.251. The Bertz CT molecular complexity index is 1530. The molecule has 3 aromatic rings. The fourth-order valence-electron chi connectivity index (χ4n) is 3.88. The Hall–Kier alpha value is -5.81. The third kappa shape index (κ3) is 6.11. The van der Waals surface area contributed by atoms with Crippen LogP contribution in [0.4, 0.5) is 0 Å². The van der Waals surface area contributed by atoms with E-state index in [0.717, 1.165) is 12.1 Å². The van der Waals surface area contributed by atoms with E-state index in [1.54, 1.807) is 0 Å². The Morgan fingerprint density at radius 2 is 0.837 bits per heavy atom. The fraction of sp³-hybridized carbons (Fsp3) is 0.192. The molecular formula is C26H22O17. The van der Waals surface area contributed by atoms with Gasteiger partial charge in [0, 0.05) is 0 Å². The molecule has 1 aliphatic heterocycles. The van der Waals surface area contributed by atoms with Crippen LogP contribution in [0.2, 0.25) is 0 Å². The molecule has 1 aliphatic rings. The third-order valence-corrected chi connectivity index (χ3v) is 6.06. The Labute approximate surface area is 238 Å². The van der Waals surface area contributed by atoms with Crippen LogP contribution in [0.25, 0.3) is 0 Å². The van der Waals surface area contributed by atoms with E-state index in [1.807, 2.05) is 0 Å². The molecule has 0 aromatic heterocycles. The first kappa shape index (κ1) is 30.2. The van der Waals surface area contributed by atoms with Crippen molar-refractivity contribution in [1.29, 1.82) is 0 Å². The van der Waals surface area contributed by atoms with Gasteiger partial charge < -0.3 is 70.0 Å². The number of aliphatic hydroxyl groups excluding tert-OH is 1. The van der Waals surface area contributed by atoms with Crippen LogP contribution in [0.15, 0.2) is 36.4 Å². The van der Waals surface area contributed by atoms with Gasteiger partial charge in [0.05, 0.1) is 23.3 Å². The van der Waals surface area contributed by atoms with Crippen LogP contribution in [0, 0.1) is 0 Å². The first-order valence-corrected chi connectivity index (χ1v) is 11.8. The minimum Gasteiger partial charge on any atom is -0.504 e. The van der Waals surface area contributed by atoms with Crippen molar-refractivity contribution in [2.24, 2.45) is 0 Å². The van der Waals surface area contributed by atoms with Gasteiger partial charge in [-0.3, -0.25) is 0 Å². The van der Waals surface area contributed by atoms with E-state index < -0.39 is 118 Å². The number of rotatable bonds is 6. The highest BCUT2D eigenvalue weighted by Crippen LogP contribution is 2.38. The highest BCUT2D eigenvalue weighted by atomic mass is 16.7. The third-order valence-electron chi connectivity index (χ3n) is 6.06. The van der Waals surface area contributed by atoms with Crippen molar-refractivity contribution in [3.63, 3.8) is 0 Å². The number of aliphatic hydroxyl groups is 1. The molecule has 4 atom stereocenters. The summed E-state index contributed by atoms with van der Waals surface area (Å²) < 4.78 is 20.9. The maximum atomic E-state index is 13.0. The van der Waals surface area contributed by atoms with Crippen molar-refractivity contribution >= 4 is 17.9 Å². The van der Waals surface area contributed by atoms with Crippen molar-refractivity contribution in [3.05, 3.63) is 53.1 Å². The molecule has 0 bridgehead atoms. The smallest absolute Gasteiger partial charge is 0.339 e. The zero-order chi connectivity index (χ0) is 31.7. The molecule has 10 N–H and O–H groups in total. The summed E-state index contributed by atoms with van der Waals surface area (Å²) in [5.41, 5.74) is -1.64. The van der Waals surface area contributed by atoms with Gasteiger partial charge in [-0.2, -0.15) is 0 Å². The summed E-state index contributed by atoms with van der Waals surface area (Å²) in [6, 6.07) is 4.22. The predicted octanol–water partition coefficient (Wildman–Crippen LogP) is 0.362. The summed E-state index contributed by atoms with van der Waals surface area (Å²) >= 11 is 0. The molecule has 1 heterocycles. The van der Waals surface area contributed by atoms with E-state index in [4.69, 9.17) is 18.9 Å². The Balaban J connectivity index is 1.68. The molecule has 0 saturated carbocycles. The standard InChI is InChI=1S/C26H22O17/c27-11-1-8(2-12(28)18(11)33)23(36)41-17-7-40-26(39)22(43-25(38)10-5-15(31)20(35)16(32)6-10)21(17)42-24(37)9-3-13(29)19(34)14(30)4-9/h1-6,17,21-22,26-35,39H,7H2/t17-,21-,22+,26+/m0/s1. The summed E-state index contributed by atoms with van der Waals surface area (Å²) in [5.74, 6) is -12.4. The molecule has 3 aromatic carbocycles. The number of phenols is 9. The number of esters is 3. The minimum absolute atomic E-state index is 0.513. The molecule has 1 saturated heterocycles. The maximum Gasteiger partial charge on any atom is 0.339 e. The van der Waals surface area contributed by atoms with Crippen LogP contribution in [0.3, 0.4) is 0 Å². The van der Waals surface area contributed by atoms with Gasteiger partial charge in [0.1, 0.15) is 0 Å². The summed E-state index contributed by atoms with van der Waals surface area (Å²) in [6.07, 6.45) is -7.71. The second-order valence-corrected chi connectivity index (χ2v) is 9.00. The number of carbonyl (C=O) groups is 3. The van der Waals surface area contributed by atoms with Crippen molar-refractivity contribution in [3.8, 4) is 51.7 Å². The van der Waals surface area contributed by atoms with Crippen LogP contribution in [-0.4, -0.2) is 100 Å². The average Bonchev–Trinajstić information content (AvgIpc) is 2.95. The Kier molecular flexibility index (Phi) is 8.13. The first-order chi connectivity index (χ1) is 20.2. The number of aromatic hydroxyl groups is 9. The van der Waals surface area contributed by atoms with Crippen LogP contribution >= 0.6 is 0 Å². The Morgan fingerprint density at radius 3 is 1.19 bits per heavy atom. The SMILES string of the molecule is O=C(O[C@@H]1[C@@H](OC(=O)c2cc(O)c(O)c(O)c2)[C@@H](OC(=O)c2cc(O)c(O)c(O)c2)CO[C@H]1O)c1cc(O)c(O)c(O)c1. The molecular weight excluding hydrogens is 584 g/mol. The molecule has 0 spiro atoms. The molecule has 4 rings (SSSR count). The van der Waals surface area contributed by atoms with Crippen molar-refractivity contribution < 1.29 is 84.4 Å². The highest BCUT2D eigenvalue weighted by molar-refractivity contribution is 5.93. The van der Waals surface area contributed by atoms with E-state index in [9.17, 15) is 65.4 Å². The van der Waals surface area contributed by atoms with E-state index in [2.05, 4.69) is 0 Å². The summed E-state index contributed by atoms with van der Waals surface area (Å²) in [7, 11) is 0. The lowest BCUT2D eigenvalue weighted by atomic mass is 10.0. The molecule has 0 amide bonds. The van der Waals surface area contributed by atoms with E-state index in [0.29, 0.717) is 24.3 Å². The molecule has 0 aliphatic carbocycles. The molecule has 0 radical (unpaired) electrons. The number of ether oxygens (including phenoxy) is 4. The summed E-state index contributed by atoms with van der Waals surface area (Å²) in [6.45, 7) is -0.707. The second-order valence-electron chi connectivity index (χ2n) is 9.00. The number of phenolic OH excluding ortho intramolecular Hbond substituents is 9. The Morgan fingerprint density at radius 1 is 0.535 bits per heavy atom. The second kappa shape index (κ2) is 11.6. The highest BCUT2D eigenvalue weighted by Gasteiger charge is 2.47. The topological polar surface area (TPSA) is 290 Å². The van der Waals surface area contributed by atoms with Gasteiger partial charge >= 0.3 is 17.9 Å². The monoisotopic (exact) mass is 606 g/mol. The lowest BCUT2D eigenvalue weighted by Gasteiger charge is -2.38.